The summed E-state index contributed by atoms with van der Waals surface area (Å²) in [6.45, 7) is 0. The van der Waals surface area contributed by atoms with Crippen molar-refractivity contribution in [2.24, 2.45) is 0 Å². The molecule has 0 spiro atoms. The minimum absolute atomic E-state index is 0.405. The number of halogens is 2. The summed E-state index contributed by atoms with van der Waals surface area (Å²) in [5.41, 5.74) is 5.00. The van der Waals surface area contributed by atoms with Crippen molar-refractivity contribution in [2.75, 3.05) is 24.8 Å². The first kappa shape index (κ1) is 14.8. The molecule has 0 fully saturated rings. The van der Waals surface area contributed by atoms with Gasteiger partial charge in [0.1, 0.15) is 11.6 Å². The van der Waals surface area contributed by atoms with Gasteiger partial charge in [-0.3, -0.25) is 4.79 Å². The number of hydrogen-bond donors (Lipinski definition) is 1. The highest BCUT2D eigenvalue weighted by Crippen LogP contribution is 2.24. The Morgan fingerprint density at radius 2 is 1.95 bits per heavy atom. The number of rotatable bonds is 3. The van der Waals surface area contributed by atoms with E-state index in [1.807, 2.05) is 0 Å². The average molecular weight is 292 g/mol. The quantitative estimate of drug-likeness (QED) is 0.885. The molecule has 0 atom stereocenters. The number of anilines is 2. The Morgan fingerprint density at radius 3 is 2.62 bits per heavy atom. The normalized spacial score (nSPS) is 10.3. The number of benzene rings is 2. The predicted octanol–water partition coefficient (Wildman–Crippen LogP) is 2.83. The number of nitrogen functional groups attached to an aromatic ring is 1. The summed E-state index contributed by atoms with van der Waals surface area (Å²) >= 11 is 0. The Balaban J connectivity index is 2.39. The second-order valence-electron chi connectivity index (χ2n) is 4.42. The molecule has 2 rings (SSSR count). The topological polar surface area (TPSA) is 55.6 Å². The first-order chi connectivity index (χ1) is 9.93. The molecule has 21 heavy (non-hydrogen) atoms. The largest absolute Gasteiger partial charge is 0.497 e. The molecule has 2 aromatic carbocycles. The van der Waals surface area contributed by atoms with Crippen molar-refractivity contribution < 1.29 is 18.3 Å². The van der Waals surface area contributed by atoms with Crippen LogP contribution in [0, 0.1) is 11.6 Å². The zero-order valence-electron chi connectivity index (χ0n) is 11.6. The molecular formula is C15H14F2N2O2. The number of amides is 1. The molecule has 4 nitrogen and oxygen atoms in total. The Morgan fingerprint density at radius 1 is 1.24 bits per heavy atom. The fourth-order valence-corrected chi connectivity index (χ4v) is 1.88. The van der Waals surface area contributed by atoms with Gasteiger partial charge in [-0.05, 0) is 24.3 Å². The van der Waals surface area contributed by atoms with E-state index in [9.17, 15) is 13.6 Å². The van der Waals surface area contributed by atoms with Crippen LogP contribution < -0.4 is 15.4 Å². The molecule has 0 unspecified atom stereocenters. The highest BCUT2D eigenvalue weighted by molar-refractivity contribution is 6.06. The van der Waals surface area contributed by atoms with Crippen molar-refractivity contribution in [3.05, 3.63) is 53.6 Å². The minimum atomic E-state index is -0.934. The van der Waals surface area contributed by atoms with Crippen LogP contribution in [-0.4, -0.2) is 20.1 Å². The number of carbonyl (C=O) groups excluding carboxylic acids is 1. The minimum Gasteiger partial charge on any atom is -0.497 e. The molecule has 110 valence electrons. The summed E-state index contributed by atoms with van der Waals surface area (Å²) in [7, 11) is 2.95. The number of hydrogen-bond acceptors (Lipinski definition) is 3. The van der Waals surface area contributed by atoms with Gasteiger partial charge in [0.25, 0.3) is 5.91 Å². The van der Waals surface area contributed by atoms with Crippen LogP contribution in [0.3, 0.4) is 0 Å². The van der Waals surface area contributed by atoms with Crippen molar-refractivity contribution in [2.45, 2.75) is 0 Å². The highest BCUT2D eigenvalue weighted by Gasteiger charge is 2.20. The fourth-order valence-electron chi connectivity index (χ4n) is 1.88. The second kappa shape index (κ2) is 5.78. The van der Waals surface area contributed by atoms with E-state index in [2.05, 4.69) is 0 Å². The molecule has 0 saturated carbocycles. The smallest absolute Gasteiger partial charge is 0.261 e. The zero-order valence-corrected chi connectivity index (χ0v) is 11.6. The van der Waals surface area contributed by atoms with Crippen molar-refractivity contribution in [1.29, 1.82) is 0 Å². The average Bonchev–Trinajstić information content (AvgIpc) is 2.49. The third-order valence-electron chi connectivity index (χ3n) is 3.04. The first-order valence-electron chi connectivity index (χ1n) is 6.10. The standard InChI is InChI=1S/C15H14F2N2O2/c1-19(10-4-3-5-11(8-10)21-2)15(20)12-6-9(16)7-13(18)14(12)17/h3-8H,18H2,1-2H3. The predicted molar refractivity (Wildman–Crippen MR) is 76.5 cm³/mol. The van der Waals surface area contributed by atoms with Gasteiger partial charge in [-0.15, -0.1) is 0 Å². The summed E-state index contributed by atoms with van der Waals surface area (Å²) in [5, 5.41) is 0. The molecule has 0 aliphatic rings. The van der Waals surface area contributed by atoms with Gasteiger partial charge in [-0.2, -0.15) is 0 Å². The van der Waals surface area contributed by atoms with Gasteiger partial charge in [0.15, 0.2) is 5.82 Å². The van der Waals surface area contributed by atoms with Crippen molar-refractivity contribution >= 4 is 17.3 Å². The molecule has 0 radical (unpaired) electrons. The van der Waals surface area contributed by atoms with Crippen LogP contribution in [0.15, 0.2) is 36.4 Å². The SMILES string of the molecule is COc1cccc(N(C)C(=O)c2cc(F)cc(N)c2F)c1. The van der Waals surface area contributed by atoms with Gasteiger partial charge in [0.2, 0.25) is 0 Å². The van der Waals surface area contributed by atoms with Crippen molar-refractivity contribution in [3.8, 4) is 5.75 Å². The van der Waals surface area contributed by atoms with E-state index in [1.165, 1.54) is 19.1 Å². The number of ether oxygens (including phenoxy) is 1. The third-order valence-corrected chi connectivity index (χ3v) is 3.04. The molecule has 1 amide bonds. The van der Waals surface area contributed by atoms with Gasteiger partial charge in [-0.25, -0.2) is 8.78 Å². The molecule has 0 aliphatic heterocycles. The van der Waals surface area contributed by atoms with Crippen LogP contribution in [0.1, 0.15) is 10.4 Å². The van der Waals surface area contributed by atoms with E-state index in [0.717, 1.165) is 12.1 Å². The number of nitrogens with zero attached hydrogens (tertiary/aromatic N) is 1. The van der Waals surface area contributed by atoms with Crippen LogP contribution >= 0.6 is 0 Å². The molecule has 0 aromatic heterocycles. The summed E-state index contributed by atoms with van der Waals surface area (Å²) in [4.78, 5) is 13.5. The summed E-state index contributed by atoms with van der Waals surface area (Å²) in [6.07, 6.45) is 0. The lowest BCUT2D eigenvalue weighted by atomic mass is 10.1. The molecule has 0 heterocycles. The molecule has 6 heteroatoms. The summed E-state index contributed by atoms with van der Waals surface area (Å²) in [5.74, 6) is -1.86. The van der Waals surface area contributed by atoms with E-state index < -0.39 is 28.8 Å². The molecule has 0 bridgehead atoms. The molecule has 2 N–H and O–H groups in total. The second-order valence-corrected chi connectivity index (χ2v) is 4.42. The van der Waals surface area contributed by atoms with Crippen molar-refractivity contribution in [3.63, 3.8) is 0 Å². The first-order valence-corrected chi connectivity index (χ1v) is 6.10. The van der Waals surface area contributed by atoms with Gasteiger partial charge in [-0.1, -0.05) is 6.07 Å². The number of nitrogens with two attached hydrogens (primary N) is 1. The molecule has 0 saturated heterocycles. The fraction of sp³-hybridized carbons (Fsp3) is 0.133. The maximum absolute atomic E-state index is 13.9. The number of methoxy groups -OCH3 is 1. The van der Waals surface area contributed by atoms with E-state index in [-0.39, 0.29) is 0 Å². The summed E-state index contributed by atoms with van der Waals surface area (Å²) < 4.78 is 32.3. The molecule has 0 aliphatic carbocycles. The van der Waals surface area contributed by atoms with Crippen LogP contribution in [0.2, 0.25) is 0 Å². The van der Waals surface area contributed by atoms with Gasteiger partial charge < -0.3 is 15.4 Å². The summed E-state index contributed by atoms with van der Waals surface area (Å²) in [6, 6.07) is 8.32. The third kappa shape index (κ3) is 2.94. The van der Waals surface area contributed by atoms with Crippen LogP contribution in [0.25, 0.3) is 0 Å². The Kier molecular flexibility index (Phi) is 4.07. The Hall–Kier alpha value is -2.63. The highest BCUT2D eigenvalue weighted by atomic mass is 19.1. The lowest BCUT2D eigenvalue weighted by molar-refractivity contribution is 0.0988. The lowest BCUT2D eigenvalue weighted by Crippen LogP contribution is -2.27. The van der Waals surface area contributed by atoms with Crippen LogP contribution in [0.5, 0.6) is 5.75 Å². The van der Waals surface area contributed by atoms with E-state index in [1.54, 1.807) is 24.3 Å². The maximum Gasteiger partial charge on any atom is 0.261 e. The van der Waals surface area contributed by atoms with Crippen LogP contribution in [0.4, 0.5) is 20.2 Å². The Bertz CT molecular complexity index is 689. The maximum atomic E-state index is 13.9. The van der Waals surface area contributed by atoms with Gasteiger partial charge in [0, 0.05) is 18.8 Å². The molecular weight excluding hydrogens is 278 g/mol. The lowest BCUT2D eigenvalue weighted by Gasteiger charge is -2.18. The van der Waals surface area contributed by atoms with E-state index >= 15 is 0 Å². The Labute approximate surface area is 120 Å². The van der Waals surface area contributed by atoms with Gasteiger partial charge >= 0.3 is 0 Å². The van der Waals surface area contributed by atoms with E-state index in [0.29, 0.717) is 11.4 Å². The van der Waals surface area contributed by atoms with Crippen molar-refractivity contribution in [1.82, 2.24) is 0 Å². The van der Waals surface area contributed by atoms with Gasteiger partial charge in [0.05, 0.1) is 18.4 Å². The monoisotopic (exact) mass is 292 g/mol. The molecule has 2 aromatic rings. The van der Waals surface area contributed by atoms with E-state index in [4.69, 9.17) is 10.5 Å². The number of carbonyl (C=O) groups is 1. The zero-order chi connectivity index (χ0) is 15.6. The van der Waals surface area contributed by atoms with Crippen LogP contribution in [-0.2, 0) is 0 Å².